The van der Waals surface area contributed by atoms with Gasteiger partial charge in [-0.3, -0.25) is 9.59 Å². The van der Waals surface area contributed by atoms with Crippen molar-refractivity contribution in [2.24, 2.45) is 0 Å². The van der Waals surface area contributed by atoms with Gasteiger partial charge in [-0.2, -0.15) is 0 Å². The number of hydrogen-bond donors (Lipinski definition) is 1. The molecule has 6 heterocycles. The maximum atomic E-state index is 13.0. The molecule has 90 heavy (non-hydrogen) atoms. The molecule has 6 aliphatic heterocycles. The predicted octanol–water partition coefficient (Wildman–Crippen LogP) is 15.0. The van der Waals surface area contributed by atoms with Crippen LogP contribution in [-0.4, -0.2) is 99.8 Å². The first-order chi connectivity index (χ1) is 43.6. The lowest BCUT2D eigenvalue weighted by Crippen LogP contribution is -2.56. The van der Waals surface area contributed by atoms with E-state index in [4.69, 9.17) is 14.2 Å². The van der Waals surface area contributed by atoms with Gasteiger partial charge in [-0.1, -0.05) is 72.1 Å². The number of rotatable bonds is 8. The Balaban J connectivity index is 0.000000180. The molecule has 4 aromatic rings. The molecule has 1 N–H and O–H groups in total. The minimum Gasteiger partial charge on any atom is -0.482 e. The number of carbonyl (C=O) groups is 3. The van der Waals surface area contributed by atoms with Crippen molar-refractivity contribution in [3.63, 3.8) is 0 Å². The van der Waals surface area contributed by atoms with E-state index in [9.17, 15) is 14.4 Å². The smallest absolute Gasteiger partial charge is 0.410 e. The Bertz CT molecular complexity index is 4210. The molecule has 0 radical (unpaired) electrons. The van der Waals surface area contributed by atoms with Crippen molar-refractivity contribution >= 4 is 29.1 Å². The van der Waals surface area contributed by atoms with Crippen molar-refractivity contribution in [1.82, 2.24) is 20.0 Å². The first-order valence-electron chi connectivity index (χ1n) is 30.5. The molecule has 10 heteroatoms. The second-order valence-corrected chi connectivity index (χ2v) is 23.0. The first-order valence-corrected chi connectivity index (χ1v) is 30.5. The topological polar surface area (TPSA) is 101 Å². The van der Waals surface area contributed by atoms with Crippen LogP contribution in [0.4, 0.5) is 4.79 Å². The zero-order valence-electron chi connectivity index (χ0n) is 52.4. The molecule has 6 aliphatic rings. The van der Waals surface area contributed by atoms with Crippen LogP contribution in [0.25, 0.3) is 11.1 Å². The fourth-order valence-corrected chi connectivity index (χ4v) is 12.2. The lowest BCUT2D eigenvalue weighted by molar-refractivity contribution is -0.0263. The SMILES string of the molecule is C=C=C=C=C=C=C=C=C=C=C=C=C=C=C=C=C=C=C=C=C=C=C.CCN(CC)C(=O)c1ccc(C2=CC3(CC4CCC(C3)N4)Oc3ccccc32)cc1.CCN(CC)C(=O)c1ccc(C2=CC3(CC4CCC(C3)N4C(=O)OC(C)(C)C)Oc3ccccc32)cc1. The normalized spacial score (nSPS) is 19.8. The molecule has 4 aromatic carbocycles. The monoisotopic (exact) mass is 1180 g/mol. The van der Waals surface area contributed by atoms with Gasteiger partial charge in [0.2, 0.25) is 0 Å². The van der Waals surface area contributed by atoms with E-state index in [1.807, 2.05) is 118 Å². The van der Waals surface area contributed by atoms with E-state index < -0.39 is 11.2 Å². The average Bonchev–Trinajstić information content (AvgIpc) is 1.31. The molecule has 0 aliphatic carbocycles. The highest BCUT2D eigenvalue weighted by Gasteiger charge is 2.53. The minimum atomic E-state index is -0.516. The largest absolute Gasteiger partial charge is 0.482 e. The molecular formula is C80H72N4O6. The number of piperidine rings is 2. The molecule has 448 valence electrons. The summed E-state index contributed by atoms with van der Waals surface area (Å²) in [7, 11) is 0. The number of benzene rings is 4. The van der Waals surface area contributed by atoms with Gasteiger partial charge in [0.15, 0.2) is 0 Å². The summed E-state index contributed by atoms with van der Waals surface area (Å²) in [4.78, 5) is 44.2. The van der Waals surface area contributed by atoms with Gasteiger partial charge in [0.05, 0.1) is 0 Å². The van der Waals surface area contributed by atoms with E-state index in [2.05, 4.69) is 193 Å². The third-order valence-corrected chi connectivity index (χ3v) is 16.0. The number of carbonyl (C=O) groups excluding carboxylic acids is 3. The molecule has 4 bridgehead atoms. The number of para-hydroxylation sites is 2. The summed E-state index contributed by atoms with van der Waals surface area (Å²) < 4.78 is 19.1. The number of hydrogen-bond acceptors (Lipinski definition) is 7. The molecule has 4 unspecified atom stereocenters. The Labute approximate surface area is 529 Å². The number of nitrogens with one attached hydrogen (secondary N) is 1. The lowest BCUT2D eigenvalue weighted by atomic mass is 9.80. The van der Waals surface area contributed by atoms with Crippen LogP contribution in [-0.2, 0) is 4.74 Å². The fourth-order valence-electron chi connectivity index (χ4n) is 12.2. The van der Waals surface area contributed by atoms with E-state index in [-0.39, 0.29) is 35.6 Å². The lowest BCUT2D eigenvalue weighted by Gasteiger charge is -2.47. The van der Waals surface area contributed by atoms with Gasteiger partial charge < -0.3 is 34.2 Å². The predicted molar refractivity (Wildman–Crippen MR) is 349 cm³/mol. The van der Waals surface area contributed by atoms with Crippen molar-refractivity contribution in [2.45, 2.75) is 141 Å². The van der Waals surface area contributed by atoms with Crippen molar-refractivity contribution in [1.29, 1.82) is 0 Å². The fraction of sp³-hybridized carbons (Fsp3) is 0.325. The highest BCUT2D eigenvalue weighted by Crippen LogP contribution is 2.50. The van der Waals surface area contributed by atoms with Gasteiger partial charge in [-0.05, 0) is 250 Å². The zero-order chi connectivity index (χ0) is 63.9. The van der Waals surface area contributed by atoms with Crippen molar-refractivity contribution in [3.05, 3.63) is 276 Å². The molecule has 10 rings (SSSR count). The molecule has 2 spiro atoms. The molecule has 4 saturated heterocycles. The van der Waals surface area contributed by atoms with Crippen LogP contribution in [0, 0.1) is 0 Å². The third kappa shape index (κ3) is 17.1. The molecule has 4 fully saturated rings. The number of amides is 3. The van der Waals surface area contributed by atoms with Crippen molar-refractivity contribution < 1.29 is 28.6 Å². The average molecular weight is 1190 g/mol. The van der Waals surface area contributed by atoms with E-state index in [1.165, 1.54) is 18.4 Å². The van der Waals surface area contributed by atoms with E-state index >= 15 is 0 Å². The van der Waals surface area contributed by atoms with Gasteiger partial charge in [-0.25, -0.2) is 4.79 Å². The Hall–Kier alpha value is -10.8. The van der Waals surface area contributed by atoms with Gasteiger partial charge >= 0.3 is 6.09 Å². The quantitative estimate of drug-likeness (QED) is 0.175. The molecule has 10 nitrogen and oxygen atoms in total. The zero-order valence-corrected chi connectivity index (χ0v) is 52.4. The van der Waals surface area contributed by atoms with Crippen molar-refractivity contribution in [2.75, 3.05) is 26.2 Å². The van der Waals surface area contributed by atoms with Gasteiger partial charge in [0.1, 0.15) is 28.3 Å². The Morgan fingerprint density at radius 1 is 0.500 bits per heavy atom. The van der Waals surface area contributed by atoms with Gasteiger partial charge in [0, 0.05) is 115 Å². The minimum absolute atomic E-state index is 0.0560. The third-order valence-electron chi connectivity index (χ3n) is 16.0. The van der Waals surface area contributed by atoms with Crippen LogP contribution in [0.15, 0.2) is 243 Å². The highest BCUT2D eigenvalue weighted by molar-refractivity contribution is 5.96. The number of ether oxygens (including phenoxy) is 3. The summed E-state index contributed by atoms with van der Waals surface area (Å²) in [5.74, 6) is 1.99. The molecule has 0 saturated carbocycles. The molecule has 0 aromatic heterocycles. The summed E-state index contributed by atoms with van der Waals surface area (Å²) in [6.45, 7) is 23.2. The Kier molecular flexibility index (Phi) is 22.6. The standard InChI is InChI=1S/C31H38N2O4.C26H30N2O2.C23H4/c1-6-32(7-2)28(34)22-14-12-21(13-15-22)26-20-31(36-27-11-9-8-10-25(26)27)18-23-16-17-24(19-31)33(23)29(35)37-30(3,4)5;1-3-28(4-2)25(29)19-11-9-18(10-12-19)23-17-26(15-20-13-14-21(16-26)27-20)30-24-8-6-5-7-22(23)24;1-3-5-7-9-11-13-15-17-19-21-23-22-20-18-16-14-12-10-8-6-4-2/h8-15,20,23-24H,6-7,16-19H2,1-5H3;5-12,17,20-21,27H,3-4,13-16H2,1-2H3;1-2H2. The van der Waals surface area contributed by atoms with Crippen molar-refractivity contribution in [3.8, 4) is 11.5 Å². The maximum Gasteiger partial charge on any atom is 0.410 e. The van der Waals surface area contributed by atoms with Gasteiger partial charge in [0.25, 0.3) is 11.8 Å². The van der Waals surface area contributed by atoms with Gasteiger partial charge in [-0.15, -0.1) is 0 Å². The second kappa shape index (κ2) is 31.2. The summed E-state index contributed by atoms with van der Waals surface area (Å²) in [5, 5.41) is 3.73. The molecule has 4 atom stereocenters. The van der Waals surface area contributed by atoms with Crippen LogP contribution in [0.5, 0.6) is 11.5 Å². The highest BCUT2D eigenvalue weighted by atomic mass is 16.6. The van der Waals surface area contributed by atoms with E-state index in [1.54, 1.807) is 0 Å². The Morgan fingerprint density at radius 2 is 0.833 bits per heavy atom. The van der Waals surface area contributed by atoms with Crippen LogP contribution < -0.4 is 14.8 Å². The summed E-state index contributed by atoms with van der Waals surface area (Å²) in [6, 6.07) is 33.8. The van der Waals surface area contributed by atoms with Crippen LogP contribution in [0.2, 0.25) is 0 Å². The van der Waals surface area contributed by atoms with E-state index in [0.717, 1.165) is 96.5 Å². The second-order valence-electron chi connectivity index (χ2n) is 23.0. The van der Waals surface area contributed by atoms with Crippen LogP contribution >= 0.6 is 0 Å². The summed E-state index contributed by atoms with van der Waals surface area (Å²) in [5.41, 5.74) is 58.8. The van der Waals surface area contributed by atoms with E-state index in [0.29, 0.717) is 30.7 Å². The number of fused-ring (bicyclic) bond motifs is 6. The maximum absolute atomic E-state index is 13.0. The Morgan fingerprint density at radius 3 is 1.17 bits per heavy atom. The molecular weight excluding hydrogens is 1110 g/mol. The number of nitrogens with zero attached hydrogens (tertiary/aromatic N) is 3. The first kappa shape index (κ1) is 65.2. The summed E-state index contributed by atoms with van der Waals surface area (Å²) >= 11 is 0. The summed E-state index contributed by atoms with van der Waals surface area (Å²) in [6.07, 6.45) is 12.3. The molecule has 3 amide bonds. The van der Waals surface area contributed by atoms with Crippen LogP contribution in [0.3, 0.4) is 0 Å². The van der Waals surface area contributed by atoms with Crippen LogP contribution in [0.1, 0.15) is 143 Å².